The molecule has 19 heavy (non-hydrogen) atoms. The van der Waals surface area contributed by atoms with Gasteiger partial charge in [0, 0.05) is 0 Å². The molecule has 0 aliphatic heterocycles. The molecule has 100 valence electrons. The number of benzene rings is 2. The summed E-state index contributed by atoms with van der Waals surface area (Å²) in [4.78, 5) is 0. The monoisotopic (exact) mass is 259 g/mol. The molecule has 2 aromatic carbocycles. The van der Waals surface area contributed by atoms with Gasteiger partial charge in [-0.25, -0.2) is 4.39 Å². The van der Waals surface area contributed by atoms with E-state index >= 15 is 0 Å². The third-order valence-electron chi connectivity index (χ3n) is 3.07. The molecule has 0 heterocycles. The fourth-order valence-corrected chi connectivity index (χ4v) is 2.02. The summed E-state index contributed by atoms with van der Waals surface area (Å²) in [7, 11) is 0. The SMILES string of the molecule is CCOc1cccc(C(N)c2ccc(F)c(C)c2)c1. The normalized spacial score (nSPS) is 12.2. The van der Waals surface area contributed by atoms with Crippen LogP contribution in [-0.4, -0.2) is 6.61 Å². The first kappa shape index (κ1) is 13.6. The maximum atomic E-state index is 13.3. The molecule has 0 aliphatic carbocycles. The number of aryl methyl sites for hydroxylation is 1. The summed E-state index contributed by atoms with van der Waals surface area (Å²) in [6, 6.07) is 12.4. The first-order valence-electron chi connectivity index (χ1n) is 6.36. The van der Waals surface area contributed by atoms with Crippen molar-refractivity contribution in [2.75, 3.05) is 6.61 Å². The second kappa shape index (κ2) is 5.85. The quantitative estimate of drug-likeness (QED) is 0.910. The van der Waals surface area contributed by atoms with Gasteiger partial charge in [-0.15, -0.1) is 0 Å². The Morgan fingerprint density at radius 2 is 1.89 bits per heavy atom. The number of ether oxygens (including phenoxy) is 1. The Morgan fingerprint density at radius 1 is 1.16 bits per heavy atom. The summed E-state index contributed by atoms with van der Waals surface area (Å²) in [6.07, 6.45) is 0. The zero-order valence-corrected chi connectivity index (χ0v) is 11.2. The van der Waals surface area contributed by atoms with Crippen LogP contribution in [0.15, 0.2) is 42.5 Å². The number of hydrogen-bond acceptors (Lipinski definition) is 2. The van der Waals surface area contributed by atoms with Crippen molar-refractivity contribution in [2.24, 2.45) is 5.73 Å². The average molecular weight is 259 g/mol. The summed E-state index contributed by atoms with van der Waals surface area (Å²) in [5.74, 6) is 0.591. The van der Waals surface area contributed by atoms with E-state index in [0.29, 0.717) is 12.2 Å². The number of rotatable bonds is 4. The molecule has 0 bridgehead atoms. The summed E-state index contributed by atoms with van der Waals surface area (Å²) in [6.45, 7) is 4.30. The van der Waals surface area contributed by atoms with E-state index in [9.17, 15) is 4.39 Å². The van der Waals surface area contributed by atoms with E-state index in [1.807, 2.05) is 31.2 Å². The molecule has 1 atom stereocenters. The van der Waals surface area contributed by atoms with Gasteiger partial charge in [0.25, 0.3) is 0 Å². The molecule has 0 saturated carbocycles. The van der Waals surface area contributed by atoms with E-state index < -0.39 is 0 Å². The lowest BCUT2D eigenvalue weighted by Gasteiger charge is -2.14. The van der Waals surface area contributed by atoms with Crippen molar-refractivity contribution in [1.29, 1.82) is 0 Å². The topological polar surface area (TPSA) is 35.2 Å². The Bertz CT molecular complexity index is 568. The lowest BCUT2D eigenvalue weighted by Crippen LogP contribution is -2.12. The Morgan fingerprint density at radius 3 is 2.58 bits per heavy atom. The molecule has 1 unspecified atom stereocenters. The molecule has 3 heteroatoms. The number of nitrogens with two attached hydrogens (primary N) is 1. The molecule has 0 saturated heterocycles. The van der Waals surface area contributed by atoms with Gasteiger partial charge in [-0.1, -0.05) is 24.3 Å². The molecular formula is C16H18FNO. The summed E-state index contributed by atoms with van der Waals surface area (Å²) in [5, 5.41) is 0. The van der Waals surface area contributed by atoms with Crippen molar-refractivity contribution in [3.63, 3.8) is 0 Å². The zero-order valence-electron chi connectivity index (χ0n) is 11.2. The van der Waals surface area contributed by atoms with Crippen LogP contribution in [0.4, 0.5) is 4.39 Å². The molecule has 2 N–H and O–H groups in total. The molecule has 0 aromatic heterocycles. The van der Waals surface area contributed by atoms with E-state index in [-0.39, 0.29) is 11.9 Å². The largest absolute Gasteiger partial charge is 0.494 e. The fourth-order valence-electron chi connectivity index (χ4n) is 2.02. The van der Waals surface area contributed by atoms with Crippen molar-refractivity contribution < 1.29 is 9.13 Å². The van der Waals surface area contributed by atoms with Gasteiger partial charge >= 0.3 is 0 Å². The number of hydrogen-bond donors (Lipinski definition) is 1. The molecular weight excluding hydrogens is 241 g/mol. The van der Waals surface area contributed by atoms with Gasteiger partial charge in [0.2, 0.25) is 0 Å². The second-order valence-corrected chi connectivity index (χ2v) is 4.49. The second-order valence-electron chi connectivity index (χ2n) is 4.49. The van der Waals surface area contributed by atoms with E-state index in [4.69, 9.17) is 10.5 Å². The smallest absolute Gasteiger partial charge is 0.126 e. The van der Waals surface area contributed by atoms with E-state index in [2.05, 4.69) is 0 Å². The summed E-state index contributed by atoms with van der Waals surface area (Å²) >= 11 is 0. The van der Waals surface area contributed by atoms with Gasteiger partial charge in [-0.2, -0.15) is 0 Å². The molecule has 0 radical (unpaired) electrons. The van der Waals surface area contributed by atoms with Crippen LogP contribution in [0.1, 0.15) is 29.7 Å². The van der Waals surface area contributed by atoms with Gasteiger partial charge in [0.15, 0.2) is 0 Å². The third-order valence-corrected chi connectivity index (χ3v) is 3.07. The van der Waals surface area contributed by atoms with Gasteiger partial charge in [-0.05, 0) is 48.7 Å². The van der Waals surface area contributed by atoms with Gasteiger partial charge in [-0.3, -0.25) is 0 Å². The molecule has 0 aliphatic rings. The fraction of sp³-hybridized carbons (Fsp3) is 0.250. The lowest BCUT2D eigenvalue weighted by atomic mass is 9.98. The van der Waals surface area contributed by atoms with Gasteiger partial charge in [0.05, 0.1) is 12.6 Å². The Labute approximate surface area is 113 Å². The number of halogens is 1. The molecule has 2 rings (SSSR count). The predicted octanol–water partition coefficient (Wildman–Crippen LogP) is 3.58. The minimum Gasteiger partial charge on any atom is -0.494 e. The maximum absolute atomic E-state index is 13.3. The van der Waals surface area contributed by atoms with Crippen molar-refractivity contribution in [1.82, 2.24) is 0 Å². The average Bonchev–Trinajstić information content (AvgIpc) is 2.42. The van der Waals surface area contributed by atoms with Crippen LogP contribution in [-0.2, 0) is 0 Å². The summed E-state index contributed by atoms with van der Waals surface area (Å²) < 4.78 is 18.7. The van der Waals surface area contributed by atoms with Gasteiger partial charge in [0.1, 0.15) is 11.6 Å². The molecule has 0 amide bonds. The van der Waals surface area contributed by atoms with E-state index in [1.165, 1.54) is 6.07 Å². The highest BCUT2D eigenvalue weighted by atomic mass is 19.1. The van der Waals surface area contributed by atoms with E-state index in [0.717, 1.165) is 16.9 Å². The van der Waals surface area contributed by atoms with Crippen molar-refractivity contribution in [3.05, 3.63) is 65.0 Å². The Kier molecular flexibility index (Phi) is 4.17. The first-order valence-corrected chi connectivity index (χ1v) is 6.36. The van der Waals surface area contributed by atoms with Crippen molar-refractivity contribution >= 4 is 0 Å². The highest BCUT2D eigenvalue weighted by Crippen LogP contribution is 2.24. The maximum Gasteiger partial charge on any atom is 0.126 e. The molecule has 2 nitrogen and oxygen atoms in total. The molecule has 0 fully saturated rings. The lowest BCUT2D eigenvalue weighted by molar-refractivity contribution is 0.340. The predicted molar refractivity (Wildman–Crippen MR) is 74.8 cm³/mol. The van der Waals surface area contributed by atoms with E-state index in [1.54, 1.807) is 19.1 Å². The van der Waals surface area contributed by atoms with Crippen LogP contribution in [0.25, 0.3) is 0 Å². The van der Waals surface area contributed by atoms with Crippen LogP contribution in [0, 0.1) is 12.7 Å². The summed E-state index contributed by atoms with van der Waals surface area (Å²) in [5.41, 5.74) is 8.68. The van der Waals surface area contributed by atoms with Crippen LogP contribution in [0.5, 0.6) is 5.75 Å². The van der Waals surface area contributed by atoms with Crippen LogP contribution in [0.3, 0.4) is 0 Å². The zero-order chi connectivity index (χ0) is 13.8. The highest BCUT2D eigenvalue weighted by molar-refractivity contribution is 5.37. The van der Waals surface area contributed by atoms with Gasteiger partial charge < -0.3 is 10.5 Å². The van der Waals surface area contributed by atoms with Crippen molar-refractivity contribution in [3.8, 4) is 5.75 Å². The minimum absolute atomic E-state index is 0.209. The van der Waals surface area contributed by atoms with Crippen LogP contribution >= 0.6 is 0 Å². The van der Waals surface area contributed by atoms with Crippen LogP contribution in [0.2, 0.25) is 0 Å². The highest BCUT2D eigenvalue weighted by Gasteiger charge is 2.11. The Balaban J connectivity index is 2.29. The molecule has 2 aromatic rings. The third kappa shape index (κ3) is 3.12. The van der Waals surface area contributed by atoms with Crippen molar-refractivity contribution in [2.45, 2.75) is 19.9 Å². The first-order chi connectivity index (χ1) is 9.11. The molecule has 0 spiro atoms. The standard InChI is InChI=1S/C16H18FNO/c1-3-19-14-6-4-5-12(10-14)16(18)13-7-8-15(17)11(2)9-13/h4-10,16H,3,18H2,1-2H3. The van der Waals surface area contributed by atoms with Crippen LogP contribution < -0.4 is 10.5 Å². The minimum atomic E-state index is -0.278. The Hall–Kier alpha value is -1.87.